The second-order valence-corrected chi connectivity index (χ2v) is 16.4. The number of anilines is 1. The van der Waals surface area contributed by atoms with Crippen molar-refractivity contribution < 1.29 is 54.9 Å². The van der Waals surface area contributed by atoms with Crippen LogP contribution in [0.4, 0.5) is 5.69 Å². The number of hydrogen-bond donors (Lipinski definition) is 4. The molecule has 1 saturated heterocycles. The van der Waals surface area contributed by atoms with Crippen LogP contribution in [0.3, 0.4) is 0 Å². The molecule has 294 valence electrons. The van der Waals surface area contributed by atoms with E-state index in [0.29, 0.717) is 17.9 Å². The SMILES string of the molecule is CCCCCCCN(CCCCCC(=O)ON1C(=O)CCC1=O)S(=O)(=O)c1c(N)ccc2c(-c3ccccc3C(=O)O)c3ccc(=N)c(S(=O)(=O)O)c-3oc12. The highest BCUT2D eigenvalue weighted by Gasteiger charge is 2.35. The summed E-state index contributed by atoms with van der Waals surface area (Å²) < 4.78 is 72.4. The van der Waals surface area contributed by atoms with Crippen molar-refractivity contribution in [1.82, 2.24) is 9.37 Å². The maximum Gasteiger partial charge on any atom is 0.336 e. The van der Waals surface area contributed by atoms with Crippen LogP contribution in [0.1, 0.15) is 87.9 Å². The van der Waals surface area contributed by atoms with Crippen molar-refractivity contribution in [2.45, 2.75) is 87.3 Å². The number of imide groups is 1. The van der Waals surface area contributed by atoms with Gasteiger partial charge in [0.2, 0.25) is 10.0 Å². The zero-order chi connectivity index (χ0) is 40.1. The third-order valence-corrected chi connectivity index (χ3v) is 12.2. The molecule has 0 radical (unpaired) electrons. The van der Waals surface area contributed by atoms with E-state index in [0.717, 1.165) is 31.7 Å². The van der Waals surface area contributed by atoms with Gasteiger partial charge in [0.15, 0.2) is 16.2 Å². The van der Waals surface area contributed by atoms with Crippen LogP contribution in [-0.2, 0) is 39.4 Å². The van der Waals surface area contributed by atoms with Gasteiger partial charge in [0.25, 0.3) is 21.9 Å². The fourth-order valence-corrected chi connectivity index (χ4v) is 9.08. The largest absolute Gasteiger partial charge is 0.478 e. The zero-order valence-corrected chi connectivity index (χ0v) is 31.7. The van der Waals surface area contributed by atoms with Crippen molar-refractivity contribution in [3.05, 3.63) is 59.5 Å². The summed E-state index contributed by atoms with van der Waals surface area (Å²) >= 11 is 0. The molecular weight excluding hydrogens is 757 g/mol. The van der Waals surface area contributed by atoms with Gasteiger partial charge in [-0.2, -0.15) is 12.7 Å². The molecule has 5 rings (SSSR count). The number of fused-ring (bicyclic) bond motifs is 2. The first-order chi connectivity index (χ1) is 26.1. The van der Waals surface area contributed by atoms with Crippen LogP contribution in [0.2, 0.25) is 0 Å². The minimum absolute atomic E-state index is 0.0114. The quantitative estimate of drug-likeness (QED) is 0.0326. The van der Waals surface area contributed by atoms with Crippen LogP contribution >= 0.6 is 0 Å². The molecule has 55 heavy (non-hydrogen) atoms. The molecule has 0 spiro atoms. The predicted octanol–water partition coefficient (Wildman–Crippen LogP) is 5.34. The fraction of sp³-hybridized carbons (Fsp3) is 0.378. The summed E-state index contributed by atoms with van der Waals surface area (Å²) in [6, 6.07) is 11.0. The Hall–Kier alpha value is -5.17. The fourth-order valence-electron chi connectivity index (χ4n) is 6.60. The van der Waals surface area contributed by atoms with E-state index in [-0.39, 0.29) is 78.5 Å². The van der Waals surface area contributed by atoms with Crippen molar-refractivity contribution >= 4 is 60.6 Å². The van der Waals surface area contributed by atoms with Crippen molar-refractivity contribution in [2.75, 3.05) is 18.8 Å². The lowest BCUT2D eigenvalue weighted by molar-refractivity contribution is -0.197. The molecule has 0 unspecified atom stereocenters. The number of rotatable bonds is 18. The second kappa shape index (κ2) is 17.1. The number of carboxylic acids is 1. The monoisotopic (exact) mass is 798 g/mol. The third-order valence-electron chi connectivity index (χ3n) is 9.28. The van der Waals surface area contributed by atoms with E-state index in [1.165, 1.54) is 40.7 Å². The highest BCUT2D eigenvalue weighted by molar-refractivity contribution is 7.89. The lowest BCUT2D eigenvalue weighted by atomic mass is 9.90. The molecule has 16 nitrogen and oxygen atoms in total. The summed E-state index contributed by atoms with van der Waals surface area (Å²) in [5.74, 6) is -3.87. The van der Waals surface area contributed by atoms with Crippen molar-refractivity contribution in [3.63, 3.8) is 0 Å². The van der Waals surface area contributed by atoms with Crippen LogP contribution < -0.4 is 11.1 Å². The number of nitrogens with two attached hydrogens (primary N) is 1. The number of benzene rings is 3. The van der Waals surface area contributed by atoms with Gasteiger partial charge < -0.3 is 20.1 Å². The molecule has 3 aliphatic rings. The first-order valence-electron chi connectivity index (χ1n) is 17.8. The van der Waals surface area contributed by atoms with Gasteiger partial charge in [-0.3, -0.25) is 19.6 Å². The smallest absolute Gasteiger partial charge is 0.336 e. The molecule has 1 fully saturated rings. The minimum Gasteiger partial charge on any atom is -0.478 e. The molecule has 2 aromatic carbocycles. The highest BCUT2D eigenvalue weighted by Crippen LogP contribution is 2.46. The minimum atomic E-state index is -5.14. The highest BCUT2D eigenvalue weighted by atomic mass is 32.2. The van der Waals surface area contributed by atoms with Gasteiger partial charge in [0.05, 0.1) is 16.6 Å². The molecule has 18 heteroatoms. The summed E-state index contributed by atoms with van der Waals surface area (Å²) in [7, 11) is -9.71. The molecule has 5 N–H and O–H groups in total. The predicted molar refractivity (Wildman–Crippen MR) is 198 cm³/mol. The number of hydrogen-bond acceptors (Lipinski definition) is 12. The Balaban J connectivity index is 1.58. The number of unbranched alkanes of at least 4 members (excludes halogenated alkanes) is 6. The average molecular weight is 799 g/mol. The Morgan fingerprint density at radius 2 is 1.51 bits per heavy atom. The van der Waals surface area contributed by atoms with E-state index in [1.807, 2.05) is 6.92 Å². The van der Waals surface area contributed by atoms with Gasteiger partial charge in [-0.25, -0.2) is 18.0 Å². The lowest BCUT2D eigenvalue weighted by Gasteiger charge is -2.25. The Bertz CT molecular complexity index is 2380. The van der Waals surface area contributed by atoms with Crippen molar-refractivity contribution in [3.8, 4) is 22.5 Å². The Morgan fingerprint density at radius 3 is 2.15 bits per heavy atom. The maximum absolute atomic E-state index is 14.8. The Labute approximate surface area is 317 Å². The summed E-state index contributed by atoms with van der Waals surface area (Å²) in [6.07, 6.45) is 4.69. The van der Waals surface area contributed by atoms with Gasteiger partial charge >= 0.3 is 11.9 Å². The lowest BCUT2D eigenvalue weighted by Crippen LogP contribution is -2.34. The summed E-state index contributed by atoms with van der Waals surface area (Å²) in [6.45, 7) is 2.09. The number of sulfonamides is 1. The number of carbonyl (C=O) groups excluding carboxylic acids is 3. The van der Waals surface area contributed by atoms with E-state index in [4.69, 9.17) is 20.4 Å². The summed E-state index contributed by atoms with van der Waals surface area (Å²) in [5.41, 5.74) is 5.68. The normalized spacial score (nSPS) is 13.7. The second-order valence-electron chi connectivity index (χ2n) is 13.2. The molecule has 0 aromatic heterocycles. The number of nitrogen functional groups attached to an aromatic ring is 1. The number of amides is 2. The van der Waals surface area contributed by atoms with Crippen molar-refractivity contribution in [2.24, 2.45) is 0 Å². The Morgan fingerprint density at radius 1 is 0.873 bits per heavy atom. The van der Waals surface area contributed by atoms with E-state index >= 15 is 0 Å². The molecule has 2 amide bonds. The molecule has 0 bridgehead atoms. The van der Waals surface area contributed by atoms with Gasteiger partial charge in [0, 0.05) is 48.9 Å². The number of carboxylic acid groups (broad SMARTS) is 1. The number of nitrogens with one attached hydrogen (secondary N) is 1. The summed E-state index contributed by atoms with van der Waals surface area (Å²) in [5, 5.41) is 18.3. The Kier molecular flexibility index (Phi) is 12.7. The van der Waals surface area contributed by atoms with E-state index in [2.05, 4.69) is 0 Å². The molecule has 2 aliphatic heterocycles. The summed E-state index contributed by atoms with van der Waals surface area (Å²) in [4.78, 5) is 51.7. The number of carbonyl (C=O) groups is 4. The van der Waals surface area contributed by atoms with Gasteiger partial charge in [-0.1, -0.05) is 57.2 Å². The van der Waals surface area contributed by atoms with Gasteiger partial charge in [-0.05, 0) is 55.2 Å². The van der Waals surface area contributed by atoms with E-state index < -0.39 is 70.4 Å². The number of nitrogens with zero attached hydrogens (tertiary/aromatic N) is 2. The molecule has 1 aliphatic carbocycles. The zero-order valence-electron chi connectivity index (χ0n) is 30.1. The van der Waals surface area contributed by atoms with Gasteiger partial charge in [-0.15, -0.1) is 5.06 Å². The first-order valence-corrected chi connectivity index (χ1v) is 20.7. The standard InChI is InChI=1S/C37H42N4O12S2/c1-2-3-4-5-10-21-40(22-11-6-7-14-31(44)53-41-29(42)19-20-30(41)43)54(47,48)35-27(38)17-15-25-32(23-12-8-9-13-24(23)37(45)46)26-16-18-28(39)36(55(49,50)51)34(26)52-33(25)35/h8-9,12-13,15-18,39H,2-7,10-11,14,19-22,38H2,1H3,(H,45,46)(H,49,50,51). The molecule has 0 atom stereocenters. The van der Waals surface area contributed by atoms with Crippen LogP contribution in [0, 0.1) is 5.41 Å². The maximum atomic E-state index is 14.8. The van der Waals surface area contributed by atoms with Crippen LogP contribution in [0.25, 0.3) is 33.4 Å². The van der Waals surface area contributed by atoms with E-state index in [1.54, 1.807) is 6.07 Å². The molecule has 2 aromatic rings. The third kappa shape index (κ3) is 8.88. The van der Waals surface area contributed by atoms with Crippen LogP contribution in [-0.4, -0.2) is 72.7 Å². The van der Waals surface area contributed by atoms with E-state index in [9.17, 15) is 45.7 Å². The first kappa shape index (κ1) is 41.0. The van der Waals surface area contributed by atoms with Crippen molar-refractivity contribution in [1.29, 1.82) is 5.41 Å². The number of hydroxylamine groups is 2. The molecular formula is C37H42N4O12S2. The van der Waals surface area contributed by atoms with Crippen LogP contribution in [0.15, 0.2) is 62.7 Å². The van der Waals surface area contributed by atoms with Crippen LogP contribution in [0.5, 0.6) is 0 Å². The average Bonchev–Trinajstić information content (AvgIpc) is 3.43. The molecule has 0 saturated carbocycles. The van der Waals surface area contributed by atoms with Gasteiger partial charge in [0.1, 0.15) is 4.90 Å². The molecule has 2 heterocycles. The number of aromatic carboxylic acids is 1. The topological polar surface area (TPSA) is 256 Å².